The van der Waals surface area contributed by atoms with Crippen molar-refractivity contribution < 1.29 is 13.6 Å². The standard InChI is InChI=1S/C10H14ClF2NO/c11-4-9(15)14-5-7-2-1-3-10(12,13)8(7)6-14/h7-8H,1-6H2/t7-,8-/m0/s1. The van der Waals surface area contributed by atoms with E-state index in [0.717, 1.165) is 6.42 Å². The third-order valence-electron chi connectivity index (χ3n) is 3.54. The Morgan fingerprint density at radius 1 is 1.47 bits per heavy atom. The van der Waals surface area contributed by atoms with Gasteiger partial charge in [0.15, 0.2) is 0 Å². The molecule has 86 valence electrons. The molecule has 0 spiro atoms. The van der Waals surface area contributed by atoms with Gasteiger partial charge in [0.05, 0.1) is 0 Å². The number of likely N-dealkylation sites (tertiary alicyclic amines) is 1. The van der Waals surface area contributed by atoms with E-state index in [0.29, 0.717) is 13.0 Å². The summed E-state index contributed by atoms with van der Waals surface area (Å²) in [7, 11) is 0. The number of nitrogens with zero attached hydrogens (tertiary/aromatic N) is 1. The van der Waals surface area contributed by atoms with Crippen molar-refractivity contribution in [2.45, 2.75) is 25.2 Å². The maximum Gasteiger partial charge on any atom is 0.252 e. The van der Waals surface area contributed by atoms with Gasteiger partial charge in [0.25, 0.3) is 5.92 Å². The third-order valence-corrected chi connectivity index (χ3v) is 3.76. The van der Waals surface area contributed by atoms with Gasteiger partial charge in [0, 0.05) is 25.4 Å². The first-order valence-corrected chi connectivity index (χ1v) is 5.79. The molecule has 15 heavy (non-hydrogen) atoms. The molecule has 1 saturated carbocycles. The number of carbonyl (C=O) groups is 1. The van der Waals surface area contributed by atoms with Gasteiger partial charge >= 0.3 is 0 Å². The van der Waals surface area contributed by atoms with Crippen molar-refractivity contribution in [3.8, 4) is 0 Å². The van der Waals surface area contributed by atoms with E-state index in [-0.39, 0.29) is 30.7 Å². The van der Waals surface area contributed by atoms with Gasteiger partial charge in [-0.05, 0) is 18.8 Å². The molecule has 2 nitrogen and oxygen atoms in total. The fourth-order valence-corrected chi connectivity index (χ4v) is 2.88. The Hall–Kier alpha value is -0.380. The second kappa shape index (κ2) is 3.89. The second-order valence-corrected chi connectivity index (χ2v) is 4.72. The van der Waals surface area contributed by atoms with Crippen LogP contribution in [0, 0.1) is 11.8 Å². The van der Waals surface area contributed by atoms with Gasteiger partial charge in [0.1, 0.15) is 5.88 Å². The van der Waals surface area contributed by atoms with Crippen molar-refractivity contribution >= 4 is 17.5 Å². The van der Waals surface area contributed by atoms with Crippen LogP contribution in [-0.2, 0) is 4.79 Å². The van der Waals surface area contributed by atoms with Gasteiger partial charge in [-0.2, -0.15) is 0 Å². The molecule has 2 atom stereocenters. The lowest BCUT2D eigenvalue weighted by Crippen LogP contribution is -2.38. The van der Waals surface area contributed by atoms with Crippen LogP contribution in [0.3, 0.4) is 0 Å². The van der Waals surface area contributed by atoms with Crippen molar-refractivity contribution in [3.63, 3.8) is 0 Å². The van der Waals surface area contributed by atoms with Crippen molar-refractivity contribution in [3.05, 3.63) is 0 Å². The number of halogens is 3. The third kappa shape index (κ3) is 1.96. The minimum absolute atomic E-state index is 0.0269. The smallest absolute Gasteiger partial charge is 0.252 e. The van der Waals surface area contributed by atoms with Gasteiger partial charge in [0.2, 0.25) is 5.91 Å². The molecule has 0 aromatic heterocycles. The Morgan fingerprint density at radius 2 is 2.20 bits per heavy atom. The molecule has 0 bridgehead atoms. The van der Waals surface area contributed by atoms with Crippen LogP contribution in [0.15, 0.2) is 0 Å². The minimum Gasteiger partial charge on any atom is -0.341 e. The Labute approximate surface area is 92.6 Å². The maximum absolute atomic E-state index is 13.5. The first kappa shape index (κ1) is 11.1. The van der Waals surface area contributed by atoms with Crippen LogP contribution in [0.1, 0.15) is 19.3 Å². The van der Waals surface area contributed by atoms with Gasteiger partial charge in [-0.3, -0.25) is 4.79 Å². The number of rotatable bonds is 1. The molecule has 2 rings (SSSR count). The van der Waals surface area contributed by atoms with E-state index < -0.39 is 11.8 Å². The largest absolute Gasteiger partial charge is 0.341 e. The zero-order chi connectivity index (χ0) is 11.1. The Kier molecular flexibility index (Phi) is 2.88. The molecule has 1 aliphatic carbocycles. The monoisotopic (exact) mass is 237 g/mol. The lowest BCUT2D eigenvalue weighted by atomic mass is 9.79. The lowest BCUT2D eigenvalue weighted by Gasteiger charge is -2.32. The Morgan fingerprint density at radius 3 is 2.80 bits per heavy atom. The zero-order valence-electron chi connectivity index (χ0n) is 8.39. The normalized spacial score (nSPS) is 33.9. The summed E-state index contributed by atoms with van der Waals surface area (Å²) in [6.45, 7) is 0.648. The molecule has 0 N–H and O–H groups in total. The van der Waals surface area contributed by atoms with Gasteiger partial charge in [-0.1, -0.05) is 0 Å². The average molecular weight is 238 g/mol. The average Bonchev–Trinajstić information content (AvgIpc) is 2.61. The van der Waals surface area contributed by atoms with Crippen LogP contribution in [0.4, 0.5) is 8.78 Å². The molecule has 1 amide bonds. The predicted octanol–water partition coefficient (Wildman–Crippen LogP) is 2.12. The SMILES string of the molecule is O=C(CCl)N1C[C@@H]2CCCC(F)(F)[C@H]2C1. The first-order valence-electron chi connectivity index (χ1n) is 5.26. The quantitative estimate of drug-likeness (QED) is 0.640. The highest BCUT2D eigenvalue weighted by atomic mass is 35.5. The second-order valence-electron chi connectivity index (χ2n) is 4.45. The summed E-state index contributed by atoms with van der Waals surface area (Å²) < 4.78 is 27.1. The van der Waals surface area contributed by atoms with Crippen LogP contribution >= 0.6 is 11.6 Å². The Bertz CT molecular complexity index is 272. The number of amides is 1. The Balaban J connectivity index is 2.08. The molecular weight excluding hydrogens is 224 g/mol. The summed E-state index contributed by atoms with van der Waals surface area (Å²) in [5.41, 5.74) is 0. The fraction of sp³-hybridized carbons (Fsp3) is 0.900. The first-order chi connectivity index (χ1) is 7.04. The van der Waals surface area contributed by atoms with E-state index >= 15 is 0 Å². The predicted molar refractivity (Wildman–Crippen MR) is 53.1 cm³/mol. The fourth-order valence-electron chi connectivity index (χ4n) is 2.72. The molecule has 1 aliphatic heterocycles. The summed E-state index contributed by atoms with van der Waals surface area (Å²) in [4.78, 5) is 12.8. The minimum atomic E-state index is -2.59. The number of fused-ring (bicyclic) bond motifs is 1. The molecule has 0 aromatic rings. The van der Waals surface area contributed by atoms with Crippen LogP contribution in [-0.4, -0.2) is 35.7 Å². The highest BCUT2D eigenvalue weighted by Gasteiger charge is 2.51. The van der Waals surface area contributed by atoms with Crippen molar-refractivity contribution in [2.24, 2.45) is 11.8 Å². The summed E-state index contributed by atoms with van der Waals surface area (Å²) in [6.07, 6.45) is 1.35. The summed E-state index contributed by atoms with van der Waals surface area (Å²) in [5, 5.41) is 0. The lowest BCUT2D eigenvalue weighted by molar-refractivity contribution is -0.128. The van der Waals surface area contributed by atoms with Crippen molar-refractivity contribution in [1.82, 2.24) is 4.90 Å². The van der Waals surface area contributed by atoms with Crippen molar-refractivity contribution in [2.75, 3.05) is 19.0 Å². The van der Waals surface area contributed by atoms with Gasteiger partial charge in [-0.15, -0.1) is 11.6 Å². The molecule has 1 heterocycles. The van der Waals surface area contributed by atoms with E-state index in [1.807, 2.05) is 0 Å². The van der Waals surface area contributed by atoms with E-state index in [1.165, 1.54) is 4.90 Å². The highest BCUT2D eigenvalue weighted by Crippen LogP contribution is 2.45. The molecule has 0 aromatic carbocycles. The summed E-state index contributed by atoms with van der Waals surface area (Å²) in [5.74, 6) is -3.59. The van der Waals surface area contributed by atoms with Crippen LogP contribution in [0.2, 0.25) is 0 Å². The molecular formula is C10H14ClF2NO. The number of hydrogen-bond acceptors (Lipinski definition) is 1. The molecule has 2 fully saturated rings. The number of hydrogen-bond donors (Lipinski definition) is 0. The van der Waals surface area contributed by atoms with Crippen LogP contribution in [0.5, 0.6) is 0 Å². The van der Waals surface area contributed by atoms with E-state index in [4.69, 9.17) is 11.6 Å². The summed E-state index contributed by atoms with van der Waals surface area (Å²) >= 11 is 5.42. The van der Waals surface area contributed by atoms with E-state index in [1.54, 1.807) is 0 Å². The molecule has 5 heteroatoms. The number of alkyl halides is 3. The van der Waals surface area contributed by atoms with E-state index in [9.17, 15) is 13.6 Å². The zero-order valence-corrected chi connectivity index (χ0v) is 9.14. The topological polar surface area (TPSA) is 20.3 Å². The summed E-state index contributed by atoms with van der Waals surface area (Å²) in [6, 6.07) is 0. The van der Waals surface area contributed by atoms with E-state index in [2.05, 4.69) is 0 Å². The highest BCUT2D eigenvalue weighted by molar-refractivity contribution is 6.27. The molecule has 0 unspecified atom stereocenters. The maximum atomic E-state index is 13.5. The van der Waals surface area contributed by atoms with Crippen LogP contribution < -0.4 is 0 Å². The van der Waals surface area contributed by atoms with Crippen molar-refractivity contribution in [1.29, 1.82) is 0 Å². The van der Waals surface area contributed by atoms with Crippen LogP contribution in [0.25, 0.3) is 0 Å². The van der Waals surface area contributed by atoms with Gasteiger partial charge < -0.3 is 4.90 Å². The molecule has 1 saturated heterocycles. The molecule has 2 aliphatic rings. The molecule has 0 radical (unpaired) electrons. The number of carbonyl (C=O) groups excluding carboxylic acids is 1. The van der Waals surface area contributed by atoms with Gasteiger partial charge in [-0.25, -0.2) is 8.78 Å².